The fourth-order valence-corrected chi connectivity index (χ4v) is 2.37. The van der Waals surface area contributed by atoms with E-state index in [0.717, 1.165) is 0 Å². The van der Waals surface area contributed by atoms with Crippen molar-refractivity contribution >= 4 is 29.7 Å². The van der Waals surface area contributed by atoms with Crippen LogP contribution < -0.4 is 27.4 Å². The summed E-state index contributed by atoms with van der Waals surface area (Å²) in [6.07, 6.45) is 0.488. The number of unbranched alkanes of at least 4 members (excludes halogenated alkanes) is 1. The van der Waals surface area contributed by atoms with Gasteiger partial charge in [-0.15, -0.1) is 0 Å². The van der Waals surface area contributed by atoms with Crippen LogP contribution in [0.15, 0.2) is 0 Å². The van der Waals surface area contributed by atoms with Crippen LogP contribution in [0.1, 0.15) is 32.1 Å². The highest BCUT2D eigenvalue weighted by atomic mass is 16.4. The van der Waals surface area contributed by atoms with Gasteiger partial charge in [0, 0.05) is 6.42 Å². The number of aliphatic hydroxyl groups excluding tert-OH is 2. The van der Waals surface area contributed by atoms with Crippen molar-refractivity contribution in [2.75, 3.05) is 19.8 Å². The number of hydrogen-bond acceptors (Lipinski definition) is 9. The lowest BCUT2D eigenvalue weighted by atomic mass is 10.1. The molecule has 0 rings (SSSR count). The highest BCUT2D eigenvalue weighted by Gasteiger charge is 2.29. The molecule has 0 spiro atoms. The van der Waals surface area contributed by atoms with Crippen molar-refractivity contribution in [3.63, 3.8) is 0 Å². The van der Waals surface area contributed by atoms with Gasteiger partial charge in [-0.2, -0.15) is 0 Å². The van der Waals surface area contributed by atoms with Crippen LogP contribution in [-0.4, -0.2) is 94.0 Å². The predicted molar refractivity (Wildman–Crippen MR) is 105 cm³/mol. The van der Waals surface area contributed by atoms with Crippen LogP contribution in [0.4, 0.5) is 0 Å². The van der Waals surface area contributed by atoms with Crippen LogP contribution in [0.2, 0.25) is 0 Å². The fourth-order valence-electron chi connectivity index (χ4n) is 2.37. The molecule has 0 aliphatic heterocycles. The minimum atomic E-state index is -1.55. The maximum absolute atomic E-state index is 12.3. The first kappa shape index (κ1) is 28.2. The molecule has 0 radical (unpaired) electrons. The molecular weight excluding hydrogens is 418 g/mol. The summed E-state index contributed by atoms with van der Waals surface area (Å²) in [6.45, 7) is -1.40. The zero-order valence-corrected chi connectivity index (χ0v) is 17.0. The molecule has 178 valence electrons. The number of carbonyl (C=O) groups excluding carboxylic acids is 3. The standard InChI is InChI=1S/C17H31N5O9/c18-6-2-1-3-10(17(30)31)20-15(28)12(8-24)22-16(29)11(7-23)21-14(27)9(19)4-5-13(25)26/h9-12,23-24H,1-8,18-19H2,(H,20,28)(H,21,27)(H,22,29)(H,25,26)(H,30,31). The van der Waals surface area contributed by atoms with E-state index >= 15 is 0 Å². The Morgan fingerprint density at radius 1 is 0.742 bits per heavy atom. The lowest BCUT2D eigenvalue weighted by Gasteiger charge is -2.23. The van der Waals surface area contributed by atoms with Crippen molar-refractivity contribution < 1.29 is 44.4 Å². The van der Waals surface area contributed by atoms with Crippen molar-refractivity contribution in [3.05, 3.63) is 0 Å². The molecule has 0 fully saturated rings. The van der Waals surface area contributed by atoms with E-state index < -0.39 is 67.0 Å². The normalized spacial score (nSPS) is 14.6. The molecule has 14 heteroatoms. The zero-order chi connectivity index (χ0) is 24.0. The molecule has 0 saturated carbocycles. The molecule has 31 heavy (non-hydrogen) atoms. The van der Waals surface area contributed by atoms with Crippen molar-refractivity contribution in [2.24, 2.45) is 11.5 Å². The number of aliphatic carboxylic acids is 2. The minimum Gasteiger partial charge on any atom is -0.481 e. The molecule has 4 atom stereocenters. The second-order valence-electron chi connectivity index (χ2n) is 6.71. The van der Waals surface area contributed by atoms with Crippen LogP contribution in [0.5, 0.6) is 0 Å². The van der Waals surface area contributed by atoms with Gasteiger partial charge in [0.25, 0.3) is 0 Å². The second-order valence-corrected chi connectivity index (χ2v) is 6.71. The number of nitrogens with one attached hydrogen (secondary N) is 3. The molecule has 0 bridgehead atoms. The Bertz CT molecular complexity index is 631. The Morgan fingerprint density at radius 3 is 1.65 bits per heavy atom. The number of nitrogens with two attached hydrogens (primary N) is 2. The molecule has 4 unspecified atom stereocenters. The highest BCUT2D eigenvalue weighted by molar-refractivity contribution is 5.94. The molecule has 0 heterocycles. The van der Waals surface area contributed by atoms with Crippen molar-refractivity contribution in [2.45, 2.75) is 56.3 Å². The first-order chi connectivity index (χ1) is 14.6. The quantitative estimate of drug-likeness (QED) is 0.102. The van der Waals surface area contributed by atoms with Gasteiger partial charge in [0.1, 0.15) is 18.1 Å². The third-order valence-corrected chi connectivity index (χ3v) is 4.20. The van der Waals surface area contributed by atoms with Crippen LogP contribution in [0.3, 0.4) is 0 Å². The average molecular weight is 449 g/mol. The van der Waals surface area contributed by atoms with E-state index in [1.54, 1.807) is 0 Å². The minimum absolute atomic E-state index is 0.0912. The average Bonchev–Trinajstić information content (AvgIpc) is 2.72. The Hall–Kier alpha value is -2.81. The smallest absolute Gasteiger partial charge is 0.326 e. The van der Waals surface area contributed by atoms with Gasteiger partial charge in [-0.05, 0) is 32.2 Å². The Labute approximate surface area is 178 Å². The van der Waals surface area contributed by atoms with Crippen LogP contribution >= 0.6 is 0 Å². The largest absolute Gasteiger partial charge is 0.481 e. The van der Waals surface area contributed by atoms with Crippen molar-refractivity contribution in [1.29, 1.82) is 0 Å². The number of amides is 3. The lowest BCUT2D eigenvalue weighted by Crippen LogP contribution is -2.59. The fraction of sp³-hybridized carbons (Fsp3) is 0.706. The molecule has 0 aliphatic carbocycles. The van der Waals surface area contributed by atoms with Gasteiger partial charge in [-0.25, -0.2) is 4.79 Å². The number of carboxylic acid groups (broad SMARTS) is 2. The summed E-state index contributed by atoms with van der Waals surface area (Å²) < 4.78 is 0. The van der Waals surface area contributed by atoms with E-state index in [4.69, 9.17) is 16.6 Å². The number of rotatable bonds is 16. The summed E-state index contributed by atoms with van der Waals surface area (Å²) in [5.41, 5.74) is 10.9. The molecule has 0 aromatic heterocycles. The molecular formula is C17H31N5O9. The van der Waals surface area contributed by atoms with Crippen molar-refractivity contribution in [1.82, 2.24) is 16.0 Å². The molecule has 0 saturated heterocycles. The molecule has 0 aromatic carbocycles. The van der Waals surface area contributed by atoms with E-state index in [0.29, 0.717) is 19.4 Å². The van der Waals surface area contributed by atoms with Gasteiger partial charge >= 0.3 is 11.9 Å². The van der Waals surface area contributed by atoms with Gasteiger partial charge in [0.2, 0.25) is 17.7 Å². The van der Waals surface area contributed by atoms with Gasteiger partial charge in [-0.1, -0.05) is 0 Å². The second kappa shape index (κ2) is 15.1. The number of carbonyl (C=O) groups is 5. The summed E-state index contributed by atoms with van der Waals surface area (Å²) >= 11 is 0. The molecule has 0 aromatic rings. The Balaban J connectivity index is 4.91. The van der Waals surface area contributed by atoms with Crippen LogP contribution in [0.25, 0.3) is 0 Å². The van der Waals surface area contributed by atoms with E-state index in [-0.39, 0.29) is 19.3 Å². The van der Waals surface area contributed by atoms with Crippen LogP contribution in [-0.2, 0) is 24.0 Å². The summed E-state index contributed by atoms with van der Waals surface area (Å²) in [4.78, 5) is 58.3. The third-order valence-electron chi connectivity index (χ3n) is 4.20. The summed E-state index contributed by atoms with van der Waals surface area (Å²) in [5.74, 6) is -5.38. The van der Waals surface area contributed by atoms with Crippen molar-refractivity contribution in [3.8, 4) is 0 Å². The molecule has 11 N–H and O–H groups in total. The first-order valence-electron chi connectivity index (χ1n) is 9.60. The third kappa shape index (κ3) is 11.2. The number of carboxylic acids is 2. The molecule has 3 amide bonds. The maximum Gasteiger partial charge on any atom is 0.326 e. The number of aliphatic hydroxyl groups is 2. The highest BCUT2D eigenvalue weighted by Crippen LogP contribution is 2.02. The maximum atomic E-state index is 12.3. The van der Waals surface area contributed by atoms with Gasteiger partial charge in [0.05, 0.1) is 19.3 Å². The summed E-state index contributed by atoms with van der Waals surface area (Å²) in [5, 5.41) is 42.9. The SMILES string of the molecule is NCCCCC(NC(=O)C(CO)NC(=O)C(CO)NC(=O)C(N)CCC(=O)O)C(=O)O. The first-order valence-corrected chi connectivity index (χ1v) is 9.60. The van der Waals surface area contributed by atoms with E-state index in [2.05, 4.69) is 16.0 Å². The lowest BCUT2D eigenvalue weighted by molar-refractivity contribution is -0.143. The van der Waals surface area contributed by atoms with Gasteiger partial charge in [0.15, 0.2) is 0 Å². The van der Waals surface area contributed by atoms with E-state index in [1.165, 1.54) is 0 Å². The topological polar surface area (TPSA) is 254 Å². The molecule has 0 aliphatic rings. The Morgan fingerprint density at radius 2 is 1.23 bits per heavy atom. The summed E-state index contributed by atoms with van der Waals surface area (Å²) in [6, 6.07) is -5.59. The summed E-state index contributed by atoms with van der Waals surface area (Å²) in [7, 11) is 0. The van der Waals surface area contributed by atoms with Gasteiger partial charge < -0.3 is 47.8 Å². The Kier molecular flexibility index (Phi) is 13.7. The van der Waals surface area contributed by atoms with Gasteiger partial charge in [-0.3, -0.25) is 19.2 Å². The monoisotopic (exact) mass is 449 g/mol. The van der Waals surface area contributed by atoms with E-state index in [9.17, 15) is 39.3 Å². The van der Waals surface area contributed by atoms with Crippen LogP contribution in [0, 0.1) is 0 Å². The number of hydrogen-bond donors (Lipinski definition) is 9. The molecule has 14 nitrogen and oxygen atoms in total. The van der Waals surface area contributed by atoms with E-state index in [1.807, 2.05) is 0 Å². The zero-order valence-electron chi connectivity index (χ0n) is 17.0. The predicted octanol–water partition coefficient (Wildman–Crippen LogP) is -4.17.